The van der Waals surface area contributed by atoms with Gasteiger partial charge in [0.1, 0.15) is 17.1 Å². The summed E-state index contributed by atoms with van der Waals surface area (Å²) < 4.78 is 6.25. The van der Waals surface area contributed by atoms with E-state index in [1.54, 1.807) is 4.90 Å². The molecule has 5 nitrogen and oxygen atoms in total. The quantitative estimate of drug-likeness (QED) is 0.445. The highest BCUT2D eigenvalue weighted by atomic mass is 79.9. The first-order valence-corrected chi connectivity index (χ1v) is 9.95. The lowest BCUT2D eigenvalue weighted by molar-refractivity contribution is 0.0787. The smallest absolute Gasteiger partial charge is 0.271 e. The Kier molecular flexibility index (Phi) is 5.30. The fourth-order valence-corrected chi connectivity index (χ4v) is 3.83. The summed E-state index contributed by atoms with van der Waals surface area (Å²) in [4.78, 5) is 17.7. The molecule has 0 aliphatic carbocycles. The Morgan fingerprint density at radius 3 is 2.68 bits per heavy atom. The normalized spacial score (nSPS) is 11.1. The average Bonchev–Trinajstić information content (AvgIpc) is 3.33. The standard InChI is InChI=1S/C22H20BrN3O2/c1-26(22(27)21-20(23)17-11-5-6-12-18(17)24-21)13-7-10-16-14-19(25-28-16)15-8-3-2-4-9-15/h2-6,8-9,11-12,14,24H,7,10,13H2,1H3. The van der Waals surface area contributed by atoms with E-state index in [0.29, 0.717) is 12.2 Å². The molecule has 0 spiro atoms. The predicted molar refractivity (Wildman–Crippen MR) is 113 cm³/mol. The molecule has 28 heavy (non-hydrogen) atoms. The molecule has 0 saturated heterocycles. The van der Waals surface area contributed by atoms with E-state index in [-0.39, 0.29) is 5.91 Å². The summed E-state index contributed by atoms with van der Waals surface area (Å²) >= 11 is 3.55. The van der Waals surface area contributed by atoms with Crippen molar-refractivity contribution in [1.29, 1.82) is 0 Å². The lowest BCUT2D eigenvalue weighted by Crippen LogP contribution is -2.28. The fraction of sp³-hybridized carbons (Fsp3) is 0.182. The minimum Gasteiger partial charge on any atom is -0.361 e. The molecule has 0 bridgehead atoms. The number of carbonyl (C=O) groups is 1. The Labute approximate surface area is 171 Å². The molecule has 2 aromatic carbocycles. The van der Waals surface area contributed by atoms with Crippen molar-refractivity contribution >= 4 is 32.7 Å². The van der Waals surface area contributed by atoms with Crippen molar-refractivity contribution in [2.24, 2.45) is 0 Å². The van der Waals surface area contributed by atoms with Crippen LogP contribution in [-0.2, 0) is 6.42 Å². The number of nitrogens with one attached hydrogen (secondary N) is 1. The number of aromatic nitrogens is 2. The second-order valence-corrected chi connectivity index (χ2v) is 7.53. The van der Waals surface area contributed by atoms with Gasteiger partial charge in [0.25, 0.3) is 5.91 Å². The van der Waals surface area contributed by atoms with E-state index in [1.165, 1.54) is 0 Å². The molecule has 1 amide bonds. The number of hydrogen-bond donors (Lipinski definition) is 1. The molecule has 0 aliphatic heterocycles. The van der Waals surface area contributed by atoms with Gasteiger partial charge in [-0.1, -0.05) is 53.7 Å². The topological polar surface area (TPSA) is 62.1 Å². The van der Waals surface area contributed by atoms with Crippen LogP contribution in [0.3, 0.4) is 0 Å². The third-order valence-corrected chi connectivity index (χ3v) is 5.57. The van der Waals surface area contributed by atoms with Gasteiger partial charge in [-0.25, -0.2) is 0 Å². The van der Waals surface area contributed by atoms with Crippen molar-refractivity contribution in [3.63, 3.8) is 0 Å². The zero-order valence-corrected chi connectivity index (χ0v) is 17.1. The molecule has 0 unspecified atom stereocenters. The Hall–Kier alpha value is -2.86. The van der Waals surface area contributed by atoms with Crippen LogP contribution in [0.1, 0.15) is 22.7 Å². The summed E-state index contributed by atoms with van der Waals surface area (Å²) in [5.41, 5.74) is 3.39. The Morgan fingerprint density at radius 2 is 1.89 bits per heavy atom. The van der Waals surface area contributed by atoms with E-state index in [2.05, 4.69) is 26.1 Å². The number of carbonyl (C=O) groups excluding carboxylic acids is 1. The van der Waals surface area contributed by atoms with Crippen LogP contribution in [-0.4, -0.2) is 34.5 Å². The van der Waals surface area contributed by atoms with Crippen molar-refractivity contribution in [3.05, 3.63) is 76.6 Å². The number of aryl methyl sites for hydroxylation is 1. The van der Waals surface area contributed by atoms with Gasteiger partial charge in [0.05, 0.1) is 4.47 Å². The van der Waals surface area contributed by atoms with Gasteiger partial charge in [0.2, 0.25) is 0 Å². The van der Waals surface area contributed by atoms with Crippen molar-refractivity contribution < 1.29 is 9.32 Å². The predicted octanol–water partition coefficient (Wildman–Crippen LogP) is 5.29. The maximum atomic E-state index is 12.8. The Bertz CT molecular complexity index is 1100. The number of halogens is 1. The molecule has 0 saturated carbocycles. The van der Waals surface area contributed by atoms with Gasteiger partial charge in [0, 0.05) is 42.5 Å². The number of benzene rings is 2. The zero-order chi connectivity index (χ0) is 19.5. The minimum absolute atomic E-state index is 0.0365. The highest BCUT2D eigenvalue weighted by molar-refractivity contribution is 9.10. The highest BCUT2D eigenvalue weighted by Crippen LogP contribution is 2.28. The van der Waals surface area contributed by atoms with Crippen molar-refractivity contribution in [2.75, 3.05) is 13.6 Å². The second kappa shape index (κ2) is 8.02. The first kappa shape index (κ1) is 18.5. The van der Waals surface area contributed by atoms with Gasteiger partial charge in [0.15, 0.2) is 0 Å². The first-order valence-electron chi connectivity index (χ1n) is 9.16. The van der Waals surface area contributed by atoms with Crippen LogP contribution in [0.15, 0.2) is 69.7 Å². The number of H-pyrrole nitrogens is 1. The van der Waals surface area contributed by atoms with Crippen LogP contribution in [0.25, 0.3) is 22.2 Å². The van der Waals surface area contributed by atoms with Crippen LogP contribution >= 0.6 is 15.9 Å². The van der Waals surface area contributed by atoms with E-state index >= 15 is 0 Å². The summed E-state index contributed by atoms with van der Waals surface area (Å²) in [5, 5.41) is 5.14. The van der Waals surface area contributed by atoms with Crippen LogP contribution in [0.2, 0.25) is 0 Å². The van der Waals surface area contributed by atoms with Crippen LogP contribution in [0.5, 0.6) is 0 Å². The average molecular weight is 438 g/mol. The molecule has 6 heteroatoms. The molecule has 0 atom stereocenters. The number of hydrogen-bond acceptors (Lipinski definition) is 3. The van der Waals surface area contributed by atoms with E-state index in [4.69, 9.17) is 4.52 Å². The van der Waals surface area contributed by atoms with Crippen LogP contribution in [0.4, 0.5) is 0 Å². The second-order valence-electron chi connectivity index (χ2n) is 6.73. The molecule has 0 radical (unpaired) electrons. The van der Waals surface area contributed by atoms with Gasteiger partial charge in [-0.15, -0.1) is 0 Å². The highest BCUT2D eigenvalue weighted by Gasteiger charge is 2.19. The van der Waals surface area contributed by atoms with E-state index in [1.807, 2.05) is 67.7 Å². The molecule has 4 rings (SSSR count). The monoisotopic (exact) mass is 437 g/mol. The summed E-state index contributed by atoms with van der Waals surface area (Å²) in [5.74, 6) is 0.789. The largest absolute Gasteiger partial charge is 0.361 e. The molecular formula is C22H20BrN3O2. The molecule has 2 aromatic heterocycles. The number of rotatable bonds is 6. The molecule has 142 valence electrons. The number of aromatic amines is 1. The van der Waals surface area contributed by atoms with Crippen LogP contribution < -0.4 is 0 Å². The lowest BCUT2D eigenvalue weighted by atomic mass is 10.1. The fourth-order valence-electron chi connectivity index (χ4n) is 3.21. The summed E-state index contributed by atoms with van der Waals surface area (Å²) in [6.07, 6.45) is 1.52. The molecule has 4 aromatic rings. The van der Waals surface area contributed by atoms with E-state index < -0.39 is 0 Å². The summed E-state index contributed by atoms with van der Waals surface area (Å²) in [6.45, 7) is 0.627. The number of amides is 1. The Morgan fingerprint density at radius 1 is 1.14 bits per heavy atom. The van der Waals surface area contributed by atoms with Crippen LogP contribution in [0, 0.1) is 0 Å². The third-order valence-electron chi connectivity index (χ3n) is 4.75. The molecule has 0 fully saturated rings. The first-order chi connectivity index (χ1) is 13.6. The van der Waals surface area contributed by atoms with Crippen molar-refractivity contribution in [3.8, 4) is 11.3 Å². The van der Waals surface area contributed by atoms with E-state index in [0.717, 1.165) is 45.2 Å². The third kappa shape index (κ3) is 3.73. The van der Waals surface area contributed by atoms with Gasteiger partial charge in [-0.3, -0.25) is 4.79 Å². The lowest BCUT2D eigenvalue weighted by Gasteiger charge is -2.16. The summed E-state index contributed by atoms with van der Waals surface area (Å²) in [6, 6.07) is 19.8. The van der Waals surface area contributed by atoms with Crippen molar-refractivity contribution in [1.82, 2.24) is 15.0 Å². The van der Waals surface area contributed by atoms with Gasteiger partial charge >= 0.3 is 0 Å². The molecule has 0 aliphatic rings. The van der Waals surface area contributed by atoms with Gasteiger partial charge in [-0.2, -0.15) is 0 Å². The number of fused-ring (bicyclic) bond motifs is 1. The van der Waals surface area contributed by atoms with E-state index in [9.17, 15) is 4.79 Å². The van der Waals surface area contributed by atoms with Gasteiger partial charge in [-0.05, 0) is 28.4 Å². The maximum absolute atomic E-state index is 12.8. The van der Waals surface area contributed by atoms with Crippen molar-refractivity contribution in [2.45, 2.75) is 12.8 Å². The SMILES string of the molecule is CN(CCCc1cc(-c2ccccc2)no1)C(=O)c1[nH]c2ccccc2c1Br. The number of para-hydroxylation sites is 1. The molecule has 1 N–H and O–H groups in total. The number of nitrogens with zero attached hydrogens (tertiary/aromatic N) is 2. The molecular weight excluding hydrogens is 418 g/mol. The molecule has 2 heterocycles. The summed E-state index contributed by atoms with van der Waals surface area (Å²) in [7, 11) is 1.82. The Balaban J connectivity index is 1.36. The minimum atomic E-state index is -0.0365. The zero-order valence-electron chi connectivity index (χ0n) is 15.5. The van der Waals surface area contributed by atoms with Gasteiger partial charge < -0.3 is 14.4 Å². The maximum Gasteiger partial charge on any atom is 0.271 e.